The van der Waals surface area contributed by atoms with Gasteiger partial charge in [-0.1, -0.05) is 12.1 Å². The van der Waals surface area contributed by atoms with Crippen molar-refractivity contribution < 1.29 is 9.18 Å². The minimum absolute atomic E-state index is 0.0438. The third kappa shape index (κ3) is 3.03. The van der Waals surface area contributed by atoms with Gasteiger partial charge in [-0.25, -0.2) is 4.39 Å². The molecule has 1 aromatic rings. The fourth-order valence-electron chi connectivity index (χ4n) is 1.07. The predicted molar refractivity (Wildman–Crippen MR) is 56.7 cm³/mol. The average molecular weight is 213 g/mol. The van der Waals surface area contributed by atoms with Crippen LogP contribution in [0.25, 0.3) is 0 Å². The Balaban J connectivity index is 2.60. The van der Waals surface area contributed by atoms with E-state index in [2.05, 4.69) is 12.6 Å². The van der Waals surface area contributed by atoms with Crippen LogP contribution in [0.2, 0.25) is 0 Å². The average Bonchev–Trinajstić information content (AvgIpc) is 2.20. The highest BCUT2D eigenvalue weighted by Crippen LogP contribution is 2.05. The zero-order valence-electron chi connectivity index (χ0n) is 7.90. The second-order valence-corrected chi connectivity index (χ2v) is 3.35. The SMILES string of the molecule is CN(Cc1ccc(F)cc1)C(=O)CS. The van der Waals surface area contributed by atoms with E-state index >= 15 is 0 Å². The molecule has 1 amide bonds. The molecule has 14 heavy (non-hydrogen) atoms. The van der Waals surface area contributed by atoms with E-state index in [1.54, 1.807) is 24.1 Å². The van der Waals surface area contributed by atoms with Crippen molar-refractivity contribution in [2.24, 2.45) is 0 Å². The lowest BCUT2D eigenvalue weighted by atomic mass is 10.2. The van der Waals surface area contributed by atoms with Crippen LogP contribution in [-0.2, 0) is 11.3 Å². The third-order valence-electron chi connectivity index (χ3n) is 1.89. The molecule has 4 heteroatoms. The van der Waals surface area contributed by atoms with E-state index in [0.717, 1.165) is 5.56 Å². The van der Waals surface area contributed by atoms with E-state index in [1.165, 1.54) is 12.1 Å². The normalized spacial score (nSPS) is 9.93. The summed E-state index contributed by atoms with van der Waals surface area (Å²) in [5, 5.41) is 0. The third-order valence-corrected chi connectivity index (χ3v) is 2.16. The number of benzene rings is 1. The summed E-state index contributed by atoms with van der Waals surface area (Å²) >= 11 is 3.89. The van der Waals surface area contributed by atoms with Crippen LogP contribution < -0.4 is 0 Å². The molecular formula is C10H12FNOS. The Hall–Kier alpha value is -1.03. The number of carbonyl (C=O) groups excluding carboxylic acids is 1. The Kier molecular flexibility index (Phi) is 3.95. The van der Waals surface area contributed by atoms with Crippen LogP contribution in [0.1, 0.15) is 5.56 Å². The molecule has 0 spiro atoms. The maximum Gasteiger partial charge on any atom is 0.232 e. The predicted octanol–water partition coefficient (Wildman–Crippen LogP) is 1.71. The number of hydrogen-bond donors (Lipinski definition) is 1. The van der Waals surface area contributed by atoms with Gasteiger partial charge in [0, 0.05) is 13.6 Å². The van der Waals surface area contributed by atoms with Crippen LogP contribution in [0.15, 0.2) is 24.3 Å². The molecule has 0 saturated heterocycles. The Bertz CT molecular complexity index is 312. The van der Waals surface area contributed by atoms with Gasteiger partial charge in [-0.2, -0.15) is 12.6 Å². The maximum atomic E-state index is 12.6. The highest BCUT2D eigenvalue weighted by atomic mass is 32.1. The van der Waals surface area contributed by atoms with Crippen molar-refractivity contribution in [2.75, 3.05) is 12.8 Å². The van der Waals surface area contributed by atoms with Gasteiger partial charge in [0.05, 0.1) is 5.75 Å². The van der Waals surface area contributed by atoms with Crippen molar-refractivity contribution in [1.29, 1.82) is 0 Å². The first-order valence-electron chi connectivity index (χ1n) is 4.22. The molecule has 76 valence electrons. The number of rotatable bonds is 3. The van der Waals surface area contributed by atoms with Crippen molar-refractivity contribution in [3.63, 3.8) is 0 Å². The summed E-state index contributed by atoms with van der Waals surface area (Å²) in [6.45, 7) is 0.486. The van der Waals surface area contributed by atoms with Crippen molar-refractivity contribution in [1.82, 2.24) is 4.90 Å². The molecule has 1 rings (SSSR count). The molecule has 0 fully saturated rings. The zero-order chi connectivity index (χ0) is 10.6. The van der Waals surface area contributed by atoms with E-state index < -0.39 is 0 Å². The molecule has 0 atom stereocenters. The van der Waals surface area contributed by atoms with Crippen LogP contribution >= 0.6 is 12.6 Å². The highest BCUT2D eigenvalue weighted by molar-refractivity contribution is 7.81. The molecule has 0 aliphatic rings. The summed E-state index contributed by atoms with van der Waals surface area (Å²) in [7, 11) is 1.70. The van der Waals surface area contributed by atoms with Crippen LogP contribution in [-0.4, -0.2) is 23.6 Å². The fraction of sp³-hybridized carbons (Fsp3) is 0.300. The first kappa shape index (κ1) is 11.0. The number of hydrogen-bond acceptors (Lipinski definition) is 2. The summed E-state index contributed by atoms with van der Waals surface area (Å²) in [5.74, 6) is -0.118. The fourth-order valence-corrected chi connectivity index (χ4v) is 1.31. The lowest BCUT2D eigenvalue weighted by molar-refractivity contribution is -0.127. The standard InChI is InChI=1S/C10H12FNOS/c1-12(10(13)7-14)6-8-2-4-9(11)5-3-8/h2-5,14H,6-7H2,1H3. The van der Waals surface area contributed by atoms with Crippen molar-refractivity contribution >= 4 is 18.5 Å². The second kappa shape index (κ2) is 5.00. The molecule has 1 aromatic carbocycles. The molecular weight excluding hydrogens is 201 g/mol. The van der Waals surface area contributed by atoms with Gasteiger partial charge in [-0.15, -0.1) is 0 Å². The van der Waals surface area contributed by atoms with Gasteiger partial charge in [0.25, 0.3) is 0 Å². The summed E-state index contributed by atoms with van der Waals surface area (Å²) < 4.78 is 12.6. The number of amides is 1. The van der Waals surface area contributed by atoms with Gasteiger partial charge in [-0.3, -0.25) is 4.79 Å². The largest absolute Gasteiger partial charge is 0.341 e. The van der Waals surface area contributed by atoms with E-state index in [4.69, 9.17) is 0 Å². The smallest absolute Gasteiger partial charge is 0.232 e. The molecule has 2 nitrogen and oxygen atoms in total. The molecule has 0 radical (unpaired) electrons. The van der Waals surface area contributed by atoms with Crippen LogP contribution in [0, 0.1) is 5.82 Å². The molecule has 0 N–H and O–H groups in total. The maximum absolute atomic E-state index is 12.6. The van der Waals surface area contributed by atoms with Gasteiger partial charge in [0.1, 0.15) is 5.82 Å². The lowest BCUT2D eigenvalue weighted by Gasteiger charge is -2.15. The van der Waals surface area contributed by atoms with Gasteiger partial charge >= 0.3 is 0 Å². The number of halogens is 1. The van der Waals surface area contributed by atoms with E-state index in [-0.39, 0.29) is 17.5 Å². The summed E-state index contributed by atoms with van der Waals surface area (Å²) in [4.78, 5) is 12.7. The molecule has 0 saturated carbocycles. The van der Waals surface area contributed by atoms with Gasteiger partial charge < -0.3 is 4.90 Å². The molecule has 0 heterocycles. The lowest BCUT2D eigenvalue weighted by Crippen LogP contribution is -2.27. The Morgan fingerprint density at radius 3 is 2.50 bits per heavy atom. The summed E-state index contributed by atoms with van der Waals surface area (Å²) in [6.07, 6.45) is 0. The molecule has 0 bridgehead atoms. The van der Waals surface area contributed by atoms with Crippen LogP contribution in [0.3, 0.4) is 0 Å². The van der Waals surface area contributed by atoms with Gasteiger partial charge in [0.2, 0.25) is 5.91 Å². The van der Waals surface area contributed by atoms with Gasteiger partial charge in [-0.05, 0) is 17.7 Å². The van der Waals surface area contributed by atoms with Crippen LogP contribution in [0.5, 0.6) is 0 Å². The highest BCUT2D eigenvalue weighted by Gasteiger charge is 2.06. The first-order valence-corrected chi connectivity index (χ1v) is 4.86. The Labute approximate surface area is 88.1 Å². The van der Waals surface area contributed by atoms with Crippen molar-refractivity contribution in [3.05, 3.63) is 35.6 Å². The zero-order valence-corrected chi connectivity index (χ0v) is 8.80. The second-order valence-electron chi connectivity index (χ2n) is 3.03. The molecule has 0 aliphatic carbocycles. The number of nitrogens with zero attached hydrogens (tertiary/aromatic N) is 1. The number of carbonyl (C=O) groups is 1. The van der Waals surface area contributed by atoms with Crippen LogP contribution in [0.4, 0.5) is 4.39 Å². The monoisotopic (exact) mass is 213 g/mol. The Morgan fingerprint density at radius 1 is 1.43 bits per heavy atom. The van der Waals surface area contributed by atoms with E-state index in [1.807, 2.05) is 0 Å². The topological polar surface area (TPSA) is 20.3 Å². The van der Waals surface area contributed by atoms with E-state index in [9.17, 15) is 9.18 Å². The number of thiol groups is 1. The van der Waals surface area contributed by atoms with E-state index in [0.29, 0.717) is 6.54 Å². The molecule has 0 unspecified atom stereocenters. The van der Waals surface area contributed by atoms with Crippen molar-refractivity contribution in [2.45, 2.75) is 6.54 Å². The minimum atomic E-state index is -0.267. The summed E-state index contributed by atoms with van der Waals surface area (Å²) in [5.41, 5.74) is 0.907. The van der Waals surface area contributed by atoms with Gasteiger partial charge in [0.15, 0.2) is 0 Å². The molecule has 0 aromatic heterocycles. The summed E-state index contributed by atoms with van der Waals surface area (Å²) in [6, 6.07) is 6.10. The minimum Gasteiger partial charge on any atom is -0.341 e. The first-order chi connectivity index (χ1) is 6.63. The van der Waals surface area contributed by atoms with Crippen molar-refractivity contribution in [3.8, 4) is 0 Å². The Morgan fingerprint density at radius 2 is 2.00 bits per heavy atom. The molecule has 0 aliphatic heterocycles. The quantitative estimate of drug-likeness (QED) is 0.758.